The Morgan fingerprint density at radius 1 is 1.33 bits per heavy atom. The summed E-state index contributed by atoms with van der Waals surface area (Å²) in [6, 6.07) is 0. The third-order valence-corrected chi connectivity index (χ3v) is 5.77. The molecule has 2 aliphatic carbocycles. The molecular formula is C17H18N2O4S. The first-order chi connectivity index (χ1) is 11.4. The number of aromatic carboxylic acids is 1. The molecule has 0 saturated carbocycles. The van der Waals surface area contributed by atoms with E-state index in [4.69, 9.17) is 11.5 Å². The van der Waals surface area contributed by atoms with Crippen molar-refractivity contribution in [1.29, 1.82) is 0 Å². The van der Waals surface area contributed by atoms with Crippen LogP contribution in [0.4, 0.5) is 5.00 Å². The van der Waals surface area contributed by atoms with Gasteiger partial charge in [-0.25, -0.2) is 4.79 Å². The van der Waals surface area contributed by atoms with Crippen molar-refractivity contribution in [1.82, 2.24) is 0 Å². The number of ketones is 1. The van der Waals surface area contributed by atoms with E-state index in [9.17, 15) is 19.5 Å². The summed E-state index contributed by atoms with van der Waals surface area (Å²) in [5.41, 5.74) is 11.5. The first-order valence-corrected chi connectivity index (χ1v) is 8.53. The summed E-state index contributed by atoms with van der Waals surface area (Å²) in [5.74, 6) is -1.92. The number of hydrogen-bond donors (Lipinski definition) is 3. The Hall–Kier alpha value is -2.41. The van der Waals surface area contributed by atoms with E-state index in [0.29, 0.717) is 23.3 Å². The molecule has 1 unspecified atom stereocenters. The Bertz CT molecular complexity index is 806. The molecule has 126 valence electrons. The van der Waals surface area contributed by atoms with Gasteiger partial charge in [0.2, 0.25) is 5.91 Å². The molecule has 5 N–H and O–H groups in total. The molecule has 7 heteroatoms. The van der Waals surface area contributed by atoms with Crippen LogP contribution >= 0.6 is 11.3 Å². The number of nitrogen functional groups attached to an aromatic ring is 1. The molecule has 0 aliphatic heterocycles. The molecule has 6 nitrogen and oxygen atoms in total. The lowest BCUT2D eigenvalue weighted by Crippen LogP contribution is -2.40. The van der Waals surface area contributed by atoms with Gasteiger partial charge in [0.25, 0.3) is 0 Å². The fraction of sp³-hybridized carbons (Fsp3) is 0.353. The highest BCUT2D eigenvalue weighted by Crippen LogP contribution is 2.49. The van der Waals surface area contributed by atoms with Crippen molar-refractivity contribution in [2.75, 3.05) is 5.73 Å². The number of carbonyl (C=O) groups excluding carboxylic acids is 2. The predicted octanol–water partition coefficient (Wildman–Crippen LogP) is 2.30. The lowest BCUT2D eigenvalue weighted by Gasteiger charge is -2.36. The Morgan fingerprint density at radius 3 is 2.67 bits per heavy atom. The van der Waals surface area contributed by atoms with E-state index in [-0.39, 0.29) is 22.8 Å². The largest absolute Gasteiger partial charge is 0.478 e. The summed E-state index contributed by atoms with van der Waals surface area (Å²) in [5, 5.41) is 9.47. The van der Waals surface area contributed by atoms with E-state index in [2.05, 4.69) is 0 Å². The predicted molar refractivity (Wildman–Crippen MR) is 91.0 cm³/mol. The fourth-order valence-corrected chi connectivity index (χ4v) is 4.77. The summed E-state index contributed by atoms with van der Waals surface area (Å²) in [4.78, 5) is 36.7. The van der Waals surface area contributed by atoms with Crippen molar-refractivity contribution in [2.45, 2.75) is 32.1 Å². The molecule has 1 aromatic rings. The second-order valence-corrected chi connectivity index (χ2v) is 7.20. The molecular weight excluding hydrogens is 328 g/mol. The van der Waals surface area contributed by atoms with E-state index in [1.807, 2.05) is 18.2 Å². The highest BCUT2D eigenvalue weighted by molar-refractivity contribution is 7.18. The minimum Gasteiger partial charge on any atom is -0.478 e. The van der Waals surface area contributed by atoms with Crippen molar-refractivity contribution < 1.29 is 19.5 Å². The second-order valence-electron chi connectivity index (χ2n) is 6.15. The SMILES string of the molecule is NC(=O)CC1(C2=CCCC=C2)CCc2c(sc(N)c2C(=O)O)C1=O. The number of amides is 1. The monoisotopic (exact) mass is 346 g/mol. The zero-order valence-electron chi connectivity index (χ0n) is 13.0. The van der Waals surface area contributed by atoms with Gasteiger partial charge in [-0.3, -0.25) is 9.59 Å². The Balaban J connectivity index is 2.14. The van der Waals surface area contributed by atoms with E-state index in [0.717, 1.165) is 29.8 Å². The first-order valence-electron chi connectivity index (χ1n) is 7.71. The third-order valence-electron chi connectivity index (χ3n) is 4.71. The number of allylic oxidation sites excluding steroid dienone is 4. The first kappa shape index (κ1) is 16.4. The van der Waals surface area contributed by atoms with Gasteiger partial charge in [-0.2, -0.15) is 0 Å². The zero-order chi connectivity index (χ0) is 17.5. The molecule has 1 amide bonds. The van der Waals surface area contributed by atoms with Gasteiger partial charge in [-0.05, 0) is 36.8 Å². The number of Topliss-reactive ketones (excluding diaryl/α,β-unsaturated/α-hetero) is 1. The van der Waals surface area contributed by atoms with Gasteiger partial charge >= 0.3 is 5.97 Å². The van der Waals surface area contributed by atoms with Gasteiger partial charge in [0, 0.05) is 6.42 Å². The summed E-state index contributed by atoms with van der Waals surface area (Å²) >= 11 is 0.991. The fourth-order valence-electron chi connectivity index (χ4n) is 3.62. The molecule has 24 heavy (non-hydrogen) atoms. The normalized spacial score (nSPS) is 22.8. The molecule has 1 aromatic heterocycles. The van der Waals surface area contributed by atoms with E-state index in [1.165, 1.54) is 0 Å². The van der Waals surface area contributed by atoms with Crippen LogP contribution < -0.4 is 11.5 Å². The molecule has 1 atom stereocenters. The Kier molecular flexibility index (Phi) is 4.04. The van der Waals surface area contributed by atoms with Crippen LogP contribution in [-0.2, 0) is 11.2 Å². The van der Waals surface area contributed by atoms with E-state index < -0.39 is 17.3 Å². The number of carboxylic acids is 1. The van der Waals surface area contributed by atoms with Crippen LogP contribution in [0, 0.1) is 5.41 Å². The van der Waals surface area contributed by atoms with Crippen molar-refractivity contribution in [3.05, 3.63) is 39.8 Å². The molecule has 0 fully saturated rings. The van der Waals surface area contributed by atoms with Crippen molar-refractivity contribution in [3.63, 3.8) is 0 Å². The zero-order valence-corrected chi connectivity index (χ0v) is 13.8. The molecule has 0 spiro atoms. The van der Waals surface area contributed by atoms with Gasteiger partial charge < -0.3 is 16.6 Å². The smallest absolute Gasteiger partial charge is 0.338 e. The molecule has 0 radical (unpaired) electrons. The number of nitrogens with two attached hydrogens (primary N) is 2. The maximum atomic E-state index is 13.2. The van der Waals surface area contributed by atoms with E-state index in [1.54, 1.807) is 0 Å². The molecule has 3 rings (SSSR count). The van der Waals surface area contributed by atoms with Crippen LogP contribution in [0.1, 0.15) is 51.3 Å². The minimum atomic E-state index is -1.13. The average molecular weight is 346 g/mol. The number of anilines is 1. The second kappa shape index (κ2) is 5.90. The third kappa shape index (κ3) is 2.45. The minimum absolute atomic E-state index is 0.0178. The van der Waals surface area contributed by atoms with Gasteiger partial charge in [0.1, 0.15) is 5.00 Å². The standard InChI is InChI=1S/C17H18N2O4S/c18-11(20)8-17(9-4-2-1-3-5-9)7-6-10-12(16(22)23)15(19)24-13(10)14(17)21/h2,4-5H,1,3,6-8,19H2,(H2,18,20)(H,22,23). The maximum absolute atomic E-state index is 13.2. The topological polar surface area (TPSA) is 123 Å². The van der Waals surface area contributed by atoms with Crippen LogP contribution in [0.5, 0.6) is 0 Å². The van der Waals surface area contributed by atoms with Gasteiger partial charge in [0.15, 0.2) is 5.78 Å². The van der Waals surface area contributed by atoms with Gasteiger partial charge in [-0.15, -0.1) is 11.3 Å². The summed E-state index contributed by atoms with van der Waals surface area (Å²) in [6.45, 7) is 0. The summed E-state index contributed by atoms with van der Waals surface area (Å²) in [6.07, 6.45) is 8.19. The molecule has 0 aromatic carbocycles. The lowest BCUT2D eigenvalue weighted by atomic mass is 9.65. The number of fused-ring (bicyclic) bond motifs is 1. The number of thiophene rings is 1. The van der Waals surface area contributed by atoms with Crippen LogP contribution in [0.2, 0.25) is 0 Å². The number of primary amides is 1. The van der Waals surface area contributed by atoms with Crippen molar-refractivity contribution >= 4 is 34.0 Å². The van der Waals surface area contributed by atoms with Crippen molar-refractivity contribution in [2.24, 2.45) is 11.1 Å². The van der Waals surface area contributed by atoms with E-state index >= 15 is 0 Å². The lowest BCUT2D eigenvalue weighted by molar-refractivity contribution is -0.119. The Morgan fingerprint density at radius 2 is 2.08 bits per heavy atom. The number of hydrogen-bond acceptors (Lipinski definition) is 5. The number of rotatable bonds is 4. The van der Waals surface area contributed by atoms with Crippen LogP contribution in [0.15, 0.2) is 23.8 Å². The molecule has 0 bridgehead atoms. The van der Waals surface area contributed by atoms with Gasteiger partial charge in [0.05, 0.1) is 15.9 Å². The molecule has 1 heterocycles. The summed E-state index contributed by atoms with van der Waals surface area (Å²) in [7, 11) is 0. The maximum Gasteiger partial charge on any atom is 0.338 e. The highest BCUT2D eigenvalue weighted by atomic mass is 32.1. The number of carboxylic acid groups (broad SMARTS) is 1. The average Bonchev–Trinajstić information content (AvgIpc) is 2.88. The molecule has 0 saturated heterocycles. The highest BCUT2D eigenvalue weighted by Gasteiger charge is 2.48. The van der Waals surface area contributed by atoms with Crippen LogP contribution in [0.25, 0.3) is 0 Å². The Labute approximate surface area is 142 Å². The molecule has 2 aliphatic rings. The quantitative estimate of drug-likeness (QED) is 0.772. The van der Waals surface area contributed by atoms with Gasteiger partial charge in [-0.1, -0.05) is 18.2 Å². The number of carbonyl (C=O) groups is 3. The van der Waals surface area contributed by atoms with Crippen molar-refractivity contribution in [3.8, 4) is 0 Å². The summed E-state index contributed by atoms with van der Waals surface area (Å²) < 4.78 is 0. The van der Waals surface area contributed by atoms with Crippen LogP contribution in [0.3, 0.4) is 0 Å². The van der Waals surface area contributed by atoms with Crippen LogP contribution in [-0.4, -0.2) is 22.8 Å².